The Hall–Kier alpha value is -0.920. The summed E-state index contributed by atoms with van der Waals surface area (Å²) < 4.78 is 0. The van der Waals surface area contributed by atoms with Crippen LogP contribution < -0.4 is 0 Å². The summed E-state index contributed by atoms with van der Waals surface area (Å²) in [6.45, 7) is 3.30. The Labute approximate surface area is 48.7 Å². The van der Waals surface area contributed by atoms with Crippen molar-refractivity contribution in [2.24, 2.45) is 0 Å². The standard InChI is InChI=1S/C6H9NO/c1-5(4-8)3-6(2)7/h3-4,7H,1-2H3/b5-3+,7-6?. The SMILES string of the molecule is CC(=N)/C=C(\C)C=O. The molecule has 0 aliphatic heterocycles. The molecule has 0 aromatic rings. The zero-order valence-corrected chi connectivity index (χ0v) is 5.06. The molecule has 0 atom stereocenters. The van der Waals surface area contributed by atoms with E-state index in [1.54, 1.807) is 13.8 Å². The van der Waals surface area contributed by atoms with Gasteiger partial charge < -0.3 is 5.41 Å². The monoisotopic (exact) mass is 111 g/mol. The van der Waals surface area contributed by atoms with Crippen molar-refractivity contribution in [3.05, 3.63) is 11.6 Å². The van der Waals surface area contributed by atoms with Crippen molar-refractivity contribution < 1.29 is 4.79 Å². The predicted octanol–water partition coefficient (Wildman–Crippen LogP) is 1.17. The Kier molecular flexibility index (Phi) is 2.77. The summed E-state index contributed by atoms with van der Waals surface area (Å²) in [6.07, 6.45) is 2.26. The lowest BCUT2D eigenvalue weighted by Gasteiger charge is -1.83. The van der Waals surface area contributed by atoms with Crippen LogP contribution in [0.3, 0.4) is 0 Å². The van der Waals surface area contributed by atoms with Crippen molar-refractivity contribution >= 4 is 12.0 Å². The van der Waals surface area contributed by atoms with E-state index in [0.29, 0.717) is 11.3 Å². The molecule has 8 heavy (non-hydrogen) atoms. The van der Waals surface area contributed by atoms with Crippen molar-refractivity contribution in [2.45, 2.75) is 13.8 Å². The molecular weight excluding hydrogens is 102 g/mol. The Morgan fingerprint density at radius 3 is 2.12 bits per heavy atom. The third kappa shape index (κ3) is 3.28. The van der Waals surface area contributed by atoms with Crippen LogP contribution in [0.5, 0.6) is 0 Å². The highest BCUT2D eigenvalue weighted by Gasteiger charge is 1.82. The molecule has 2 nitrogen and oxygen atoms in total. The van der Waals surface area contributed by atoms with Gasteiger partial charge in [-0.15, -0.1) is 0 Å². The van der Waals surface area contributed by atoms with Gasteiger partial charge in [0, 0.05) is 5.71 Å². The first-order valence-corrected chi connectivity index (χ1v) is 2.35. The highest BCUT2D eigenvalue weighted by Crippen LogP contribution is 1.85. The minimum atomic E-state index is 0.412. The molecule has 0 radical (unpaired) electrons. The van der Waals surface area contributed by atoms with Crippen LogP contribution in [0.2, 0.25) is 0 Å². The lowest BCUT2D eigenvalue weighted by Crippen LogP contribution is -1.83. The Morgan fingerprint density at radius 2 is 2.00 bits per heavy atom. The third-order valence-electron chi connectivity index (χ3n) is 0.630. The summed E-state index contributed by atoms with van der Waals surface area (Å²) in [4.78, 5) is 9.88. The minimum Gasteiger partial charge on any atom is -0.306 e. The van der Waals surface area contributed by atoms with Gasteiger partial charge >= 0.3 is 0 Å². The molecule has 0 saturated heterocycles. The molecule has 0 saturated carbocycles. The minimum absolute atomic E-state index is 0.412. The maximum atomic E-state index is 9.88. The highest BCUT2D eigenvalue weighted by atomic mass is 16.1. The summed E-state index contributed by atoms with van der Waals surface area (Å²) >= 11 is 0. The van der Waals surface area contributed by atoms with Gasteiger partial charge in [0.2, 0.25) is 0 Å². The van der Waals surface area contributed by atoms with Crippen molar-refractivity contribution in [1.82, 2.24) is 0 Å². The average molecular weight is 111 g/mol. The molecule has 0 unspecified atom stereocenters. The van der Waals surface area contributed by atoms with Crippen LogP contribution in [0.4, 0.5) is 0 Å². The van der Waals surface area contributed by atoms with Gasteiger partial charge in [0.05, 0.1) is 0 Å². The second kappa shape index (κ2) is 3.13. The molecule has 0 aromatic heterocycles. The number of nitrogens with one attached hydrogen (secondary N) is 1. The van der Waals surface area contributed by atoms with Gasteiger partial charge in [-0.05, 0) is 25.5 Å². The first-order chi connectivity index (χ1) is 3.66. The van der Waals surface area contributed by atoms with Crippen LogP contribution in [0, 0.1) is 5.41 Å². The molecule has 0 heterocycles. The third-order valence-corrected chi connectivity index (χ3v) is 0.630. The van der Waals surface area contributed by atoms with E-state index in [9.17, 15) is 4.79 Å². The maximum absolute atomic E-state index is 9.88. The second-order valence-corrected chi connectivity index (χ2v) is 1.69. The number of rotatable bonds is 2. The highest BCUT2D eigenvalue weighted by molar-refractivity contribution is 5.94. The maximum Gasteiger partial charge on any atom is 0.145 e. The number of allylic oxidation sites excluding steroid dienone is 2. The topological polar surface area (TPSA) is 40.9 Å². The number of carbonyl (C=O) groups is 1. The smallest absolute Gasteiger partial charge is 0.145 e. The zero-order chi connectivity index (χ0) is 6.57. The summed E-state index contributed by atoms with van der Waals surface area (Å²) in [5, 5.41) is 6.89. The van der Waals surface area contributed by atoms with Crippen LogP contribution in [-0.4, -0.2) is 12.0 Å². The first kappa shape index (κ1) is 7.08. The van der Waals surface area contributed by atoms with Crippen LogP contribution in [0.25, 0.3) is 0 Å². The summed E-state index contributed by atoms with van der Waals surface area (Å²) in [7, 11) is 0. The fourth-order valence-electron chi connectivity index (χ4n) is 0.376. The lowest BCUT2D eigenvalue weighted by atomic mass is 10.2. The van der Waals surface area contributed by atoms with Gasteiger partial charge in [0.15, 0.2) is 0 Å². The average Bonchev–Trinajstić information content (AvgIpc) is 1.65. The lowest BCUT2D eigenvalue weighted by molar-refractivity contribution is -0.104. The summed E-state index contributed by atoms with van der Waals surface area (Å²) in [6, 6.07) is 0. The zero-order valence-electron chi connectivity index (χ0n) is 5.06. The van der Waals surface area contributed by atoms with Crippen molar-refractivity contribution in [3.8, 4) is 0 Å². The van der Waals surface area contributed by atoms with Gasteiger partial charge in [-0.2, -0.15) is 0 Å². The van der Waals surface area contributed by atoms with Crippen molar-refractivity contribution in [1.29, 1.82) is 5.41 Å². The fraction of sp³-hybridized carbons (Fsp3) is 0.333. The first-order valence-electron chi connectivity index (χ1n) is 2.35. The van der Waals surface area contributed by atoms with Crippen LogP contribution in [0.15, 0.2) is 11.6 Å². The molecule has 44 valence electrons. The van der Waals surface area contributed by atoms with Crippen LogP contribution in [-0.2, 0) is 4.79 Å². The molecule has 0 aromatic carbocycles. The molecule has 0 aliphatic carbocycles. The van der Waals surface area contributed by atoms with E-state index >= 15 is 0 Å². The van der Waals surface area contributed by atoms with E-state index in [2.05, 4.69) is 0 Å². The van der Waals surface area contributed by atoms with Gasteiger partial charge in [-0.1, -0.05) is 0 Å². The van der Waals surface area contributed by atoms with E-state index in [0.717, 1.165) is 6.29 Å². The molecule has 2 heteroatoms. The van der Waals surface area contributed by atoms with Crippen molar-refractivity contribution in [2.75, 3.05) is 0 Å². The van der Waals surface area contributed by atoms with E-state index < -0.39 is 0 Å². The summed E-state index contributed by atoms with van der Waals surface area (Å²) in [5.74, 6) is 0. The molecule has 0 spiro atoms. The number of carbonyl (C=O) groups excluding carboxylic acids is 1. The predicted molar refractivity (Wildman–Crippen MR) is 33.2 cm³/mol. The summed E-state index contributed by atoms with van der Waals surface area (Å²) in [5.41, 5.74) is 1.01. The molecule has 0 rings (SSSR count). The van der Waals surface area contributed by atoms with E-state index in [1.165, 1.54) is 6.08 Å². The van der Waals surface area contributed by atoms with Crippen LogP contribution in [0.1, 0.15) is 13.8 Å². The fourth-order valence-corrected chi connectivity index (χ4v) is 0.376. The van der Waals surface area contributed by atoms with E-state index in [1.807, 2.05) is 0 Å². The normalized spacial score (nSPS) is 11.0. The molecule has 1 N–H and O–H groups in total. The van der Waals surface area contributed by atoms with E-state index in [-0.39, 0.29) is 0 Å². The van der Waals surface area contributed by atoms with Gasteiger partial charge in [-0.3, -0.25) is 4.79 Å². The molecule has 0 amide bonds. The Bertz CT molecular complexity index is 135. The molecule has 0 bridgehead atoms. The molecule has 0 aliphatic rings. The van der Waals surface area contributed by atoms with Gasteiger partial charge in [-0.25, -0.2) is 0 Å². The molecule has 0 fully saturated rings. The van der Waals surface area contributed by atoms with E-state index in [4.69, 9.17) is 5.41 Å². The Morgan fingerprint density at radius 1 is 1.50 bits per heavy atom. The van der Waals surface area contributed by atoms with Gasteiger partial charge in [0.1, 0.15) is 6.29 Å². The van der Waals surface area contributed by atoms with Crippen LogP contribution >= 0.6 is 0 Å². The number of hydrogen-bond acceptors (Lipinski definition) is 2. The largest absolute Gasteiger partial charge is 0.306 e. The Balaban J connectivity index is 3.94. The second-order valence-electron chi connectivity index (χ2n) is 1.69. The quantitative estimate of drug-likeness (QED) is 0.324. The number of hydrogen-bond donors (Lipinski definition) is 1. The molecular formula is C6H9NO. The van der Waals surface area contributed by atoms with Crippen molar-refractivity contribution in [3.63, 3.8) is 0 Å². The number of aldehydes is 1. The van der Waals surface area contributed by atoms with Gasteiger partial charge in [0.25, 0.3) is 0 Å².